The van der Waals surface area contributed by atoms with Crippen LogP contribution in [0.25, 0.3) is 0 Å². The molecule has 1 heterocycles. The Kier molecular flexibility index (Phi) is 4.90. The van der Waals surface area contributed by atoms with Gasteiger partial charge in [0.05, 0.1) is 5.56 Å². The van der Waals surface area contributed by atoms with Crippen molar-refractivity contribution in [3.63, 3.8) is 0 Å². The molecule has 0 aliphatic rings. The van der Waals surface area contributed by atoms with E-state index in [1.54, 1.807) is 18.3 Å². The maximum Gasteiger partial charge on any atom is 0.254 e. The molecule has 0 radical (unpaired) electrons. The van der Waals surface area contributed by atoms with Crippen LogP contribution in [0.2, 0.25) is 0 Å². The zero-order chi connectivity index (χ0) is 14.5. The molecule has 1 unspecified atom stereocenters. The first-order chi connectivity index (χ1) is 9.58. The number of nitrogens with zero attached hydrogens (tertiary/aromatic N) is 1. The quantitative estimate of drug-likeness (QED) is 0.870. The summed E-state index contributed by atoms with van der Waals surface area (Å²) in [6, 6.07) is 11.8. The van der Waals surface area contributed by atoms with E-state index in [4.69, 9.17) is 0 Å². The molecular weight excluding hydrogens is 316 g/mol. The van der Waals surface area contributed by atoms with Crippen LogP contribution in [-0.4, -0.2) is 16.9 Å². The Morgan fingerprint density at radius 2 is 2.05 bits per heavy atom. The summed E-state index contributed by atoms with van der Waals surface area (Å²) in [4.78, 5) is 16.2. The fourth-order valence-corrected chi connectivity index (χ4v) is 2.51. The zero-order valence-electron chi connectivity index (χ0n) is 11.6. The summed E-state index contributed by atoms with van der Waals surface area (Å²) in [6.45, 7) is 4.09. The maximum atomic E-state index is 12.2. The molecule has 1 amide bonds. The molecule has 2 aromatic rings. The molecule has 0 fully saturated rings. The molecule has 0 spiro atoms. The molecule has 0 saturated carbocycles. The van der Waals surface area contributed by atoms with Gasteiger partial charge in [0.2, 0.25) is 0 Å². The highest BCUT2D eigenvalue weighted by Crippen LogP contribution is 2.14. The van der Waals surface area contributed by atoms with Gasteiger partial charge < -0.3 is 5.32 Å². The summed E-state index contributed by atoms with van der Waals surface area (Å²) in [6.07, 6.45) is 2.47. The fraction of sp³-hybridized carbons (Fsp3) is 0.250. The van der Waals surface area contributed by atoms with Gasteiger partial charge in [-0.05, 0) is 59.5 Å². The number of nitrogens with one attached hydrogen (secondary N) is 1. The van der Waals surface area contributed by atoms with Gasteiger partial charge in [-0.25, -0.2) is 4.98 Å². The minimum atomic E-state index is -0.106. The van der Waals surface area contributed by atoms with Crippen molar-refractivity contribution in [2.75, 3.05) is 0 Å². The summed E-state index contributed by atoms with van der Waals surface area (Å²) in [7, 11) is 0. The smallest absolute Gasteiger partial charge is 0.254 e. The van der Waals surface area contributed by atoms with E-state index in [9.17, 15) is 4.79 Å². The number of benzene rings is 1. The van der Waals surface area contributed by atoms with Crippen LogP contribution in [0.1, 0.15) is 28.4 Å². The van der Waals surface area contributed by atoms with E-state index in [0.717, 1.165) is 6.42 Å². The lowest BCUT2D eigenvalue weighted by Gasteiger charge is -2.15. The van der Waals surface area contributed by atoms with Gasteiger partial charge in [-0.3, -0.25) is 4.79 Å². The van der Waals surface area contributed by atoms with Crippen LogP contribution in [-0.2, 0) is 6.42 Å². The molecule has 0 bridgehead atoms. The first-order valence-electron chi connectivity index (χ1n) is 6.54. The maximum absolute atomic E-state index is 12.2. The Morgan fingerprint density at radius 3 is 2.75 bits per heavy atom. The molecule has 1 aromatic carbocycles. The van der Waals surface area contributed by atoms with E-state index in [-0.39, 0.29) is 11.9 Å². The first kappa shape index (κ1) is 14.7. The van der Waals surface area contributed by atoms with Crippen LogP contribution in [0, 0.1) is 6.92 Å². The number of rotatable bonds is 4. The highest BCUT2D eigenvalue weighted by atomic mass is 79.9. The SMILES string of the molecule is Cc1ccccc1CC(C)NC(=O)c1cccnc1Br. The van der Waals surface area contributed by atoms with Crippen LogP contribution in [0.5, 0.6) is 0 Å². The van der Waals surface area contributed by atoms with Crippen LogP contribution in [0.3, 0.4) is 0 Å². The Labute approximate surface area is 127 Å². The molecule has 4 heteroatoms. The van der Waals surface area contributed by atoms with Gasteiger partial charge in [-0.1, -0.05) is 24.3 Å². The third-order valence-electron chi connectivity index (χ3n) is 3.17. The summed E-state index contributed by atoms with van der Waals surface area (Å²) in [5.74, 6) is -0.106. The van der Waals surface area contributed by atoms with Crippen molar-refractivity contribution in [2.24, 2.45) is 0 Å². The minimum absolute atomic E-state index is 0.0655. The van der Waals surface area contributed by atoms with E-state index < -0.39 is 0 Å². The number of hydrogen-bond donors (Lipinski definition) is 1. The topological polar surface area (TPSA) is 42.0 Å². The van der Waals surface area contributed by atoms with E-state index in [2.05, 4.69) is 45.3 Å². The van der Waals surface area contributed by atoms with Gasteiger partial charge in [0.15, 0.2) is 0 Å². The lowest BCUT2D eigenvalue weighted by Crippen LogP contribution is -2.34. The molecule has 0 aliphatic carbocycles. The van der Waals surface area contributed by atoms with Gasteiger partial charge in [0.1, 0.15) is 4.60 Å². The second kappa shape index (κ2) is 6.66. The monoisotopic (exact) mass is 332 g/mol. The average molecular weight is 333 g/mol. The highest BCUT2D eigenvalue weighted by Gasteiger charge is 2.13. The second-order valence-corrected chi connectivity index (χ2v) is 5.60. The number of hydrogen-bond acceptors (Lipinski definition) is 2. The van der Waals surface area contributed by atoms with Crippen molar-refractivity contribution in [2.45, 2.75) is 26.3 Å². The molecule has 0 saturated heterocycles. The van der Waals surface area contributed by atoms with Gasteiger partial charge in [-0.15, -0.1) is 0 Å². The molecule has 1 N–H and O–H groups in total. The normalized spacial score (nSPS) is 11.9. The lowest BCUT2D eigenvalue weighted by molar-refractivity contribution is 0.0939. The Morgan fingerprint density at radius 1 is 1.30 bits per heavy atom. The number of pyridine rings is 1. The molecule has 20 heavy (non-hydrogen) atoms. The highest BCUT2D eigenvalue weighted by molar-refractivity contribution is 9.10. The number of aromatic nitrogens is 1. The Hall–Kier alpha value is -1.68. The Bertz CT molecular complexity index is 613. The summed E-state index contributed by atoms with van der Waals surface area (Å²) in [5.41, 5.74) is 3.06. The molecule has 1 atom stereocenters. The zero-order valence-corrected chi connectivity index (χ0v) is 13.1. The van der Waals surface area contributed by atoms with E-state index in [1.807, 2.05) is 19.1 Å². The fourth-order valence-electron chi connectivity index (χ4n) is 2.08. The number of amides is 1. The Balaban J connectivity index is 2.02. The molecule has 3 nitrogen and oxygen atoms in total. The van der Waals surface area contributed by atoms with Gasteiger partial charge in [0, 0.05) is 12.2 Å². The van der Waals surface area contributed by atoms with E-state index >= 15 is 0 Å². The molecular formula is C16H17BrN2O. The predicted octanol–water partition coefficient (Wildman–Crippen LogP) is 3.51. The van der Waals surface area contributed by atoms with Gasteiger partial charge >= 0.3 is 0 Å². The standard InChI is InChI=1S/C16H17BrN2O/c1-11-6-3-4-7-13(11)10-12(2)19-16(20)14-8-5-9-18-15(14)17/h3-9,12H,10H2,1-2H3,(H,19,20). The largest absolute Gasteiger partial charge is 0.349 e. The lowest BCUT2D eigenvalue weighted by atomic mass is 10.0. The van der Waals surface area contributed by atoms with Crippen molar-refractivity contribution in [3.8, 4) is 0 Å². The summed E-state index contributed by atoms with van der Waals surface area (Å²) >= 11 is 3.29. The number of halogens is 1. The summed E-state index contributed by atoms with van der Waals surface area (Å²) < 4.78 is 0.570. The van der Waals surface area contributed by atoms with Crippen LogP contribution in [0.15, 0.2) is 47.2 Å². The number of aryl methyl sites for hydroxylation is 1. The van der Waals surface area contributed by atoms with Crippen molar-refractivity contribution < 1.29 is 4.79 Å². The van der Waals surface area contributed by atoms with Gasteiger partial charge in [0.25, 0.3) is 5.91 Å². The van der Waals surface area contributed by atoms with Crippen molar-refractivity contribution >= 4 is 21.8 Å². The van der Waals surface area contributed by atoms with Crippen LogP contribution in [0.4, 0.5) is 0 Å². The number of carbonyl (C=O) groups is 1. The molecule has 104 valence electrons. The third-order valence-corrected chi connectivity index (χ3v) is 3.80. The summed E-state index contributed by atoms with van der Waals surface area (Å²) in [5, 5.41) is 3.00. The van der Waals surface area contributed by atoms with Crippen molar-refractivity contribution in [3.05, 3.63) is 63.9 Å². The van der Waals surface area contributed by atoms with Crippen molar-refractivity contribution in [1.29, 1.82) is 0 Å². The van der Waals surface area contributed by atoms with Crippen LogP contribution < -0.4 is 5.32 Å². The average Bonchev–Trinajstić information content (AvgIpc) is 2.41. The van der Waals surface area contributed by atoms with E-state index in [0.29, 0.717) is 10.2 Å². The van der Waals surface area contributed by atoms with E-state index in [1.165, 1.54) is 11.1 Å². The number of carbonyl (C=O) groups excluding carboxylic acids is 1. The molecule has 2 rings (SSSR count). The third kappa shape index (κ3) is 3.67. The first-order valence-corrected chi connectivity index (χ1v) is 7.33. The molecule has 0 aliphatic heterocycles. The van der Waals surface area contributed by atoms with Gasteiger partial charge in [-0.2, -0.15) is 0 Å². The second-order valence-electron chi connectivity index (χ2n) is 4.85. The van der Waals surface area contributed by atoms with Crippen LogP contribution >= 0.6 is 15.9 Å². The predicted molar refractivity (Wildman–Crippen MR) is 83.7 cm³/mol. The van der Waals surface area contributed by atoms with Crippen molar-refractivity contribution in [1.82, 2.24) is 10.3 Å². The molecule has 1 aromatic heterocycles. The minimum Gasteiger partial charge on any atom is -0.349 e.